The highest BCUT2D eigenvalue weighted by atomic mass is 14.9. The van der Waals surface area contributed by atoms with E-state index in [0.29, 0.717) is 6.04 Å². The molecule has 0 aliphatic heterocycles. The monoisotopic (exact) mass is 240 g/mol. The van der Waals surface area contributed by atoms with Crippen molar-refractivity contribution in [2.45, 2.75) is 25.8 Å². The molecule has 18 heavy (non-hydrogen) atoms. The summed E-state index contributed by atoms with van der Waals surface area (Å²) in [4.78, 5) is 4.75. The molecule has 0 bridgehead atoms. The van der Waals surface area contributed by atoms with Crippen LogP contribution in [0, 0.1) is 0 Å². The van der Waals surface area contributed by atoms with E-state index in [1.807, 2.05) is 18.2 Å². The van der Waals surface area contributed by atoms with Crippen molar-refractivity contribution in [3.05, 3.63) is 54.7 Å². The zero-order chi connectivity index (χ0) is 12.8. The lowest BCUT2D eigenvalue weighted by atomic mass is 10.1. The van der Waals surface area contributed by atoms with Crippen LogP contribution in [0.2, 0.25) is 0 Å². The first kappa shape index (κ1) is 12.8. The van der Waals surface area contributed by atoms with Crippen molar-refractivity contribution in [1.29, 1.82) is 0 Å². The smallest absolute Gasteiger partial charge is 0.0706 e. The second kappa shape index (κ2) is 6.31. The summed E-state index contributed by atoms with van der Waals surface area (Å²) in [5.41, 5.74) is 2.19. The number of hydrogen-bond donors (Lipinski definition) is 1. The molecule has 0 amide bonds. The van der Waals surface area contributed by atoms with Gasteiger partial charge in [-0.15, -0.1) is 6.58 Å². The Bertz CT molecular complexity index is 519. The topological polar surface area (TPSA) is 24.9 Å². The van der Waals surface area contributed by atoms with E-state index >= 15 is 0 Å². The molecule has 0 spiro atoms. The Morgan fingerprint density at radius 1 is 1.28 bits per heavy atom. The van der Waals surface area contributed by atoms with Gasteiger partial charge in [0.25, 0.3) is 0 Å². The van der Waals surface area contributed by atoms with Crippen LogP contribution in [0.5, 0.6) is 0 Å². The zero-order valence-electron chi connectivity index (χ0n) is 10.9. The molecule has 1 heterocycles. The zero-order valence-corrected chi connectivity index (χ0v) is 10.9. The Morgan fingerprint density at radius 3 is 2.89 bits per heavy atom. The second-order valence-electron chi connectivity index (χ2n) is 4.41. The number of nitrogens with one attached hydrogen (secondary N) is 1. The minimum Gasteiger partial charge on any atom is -0.309 e. The van der Waals surface area contributed by atoms with Crippen molar-refractivity contribution < 1.29 is 0 Å². The van der Waals surface area contributed by atoms with Crippen LogP contribution in [0.1, 0.15) is 31.5 Å². The van der Waals surface area contributed by atoms with Crippen LogP contribution in [0.25, 0.3) is 10.9 Å². The summed E-state index contributed by atoms with van der Waals surface area (Å²) < 4.78 is 0. The standard InChI is InChI=1S/C16H20N2/c1-3-5-9-15(17-4-2)16-12-11-13-8-6-7-10-14(13)18-16/h3,6-8,10-12,15,17H,1,4-5,9H2,2H3. The van der Waals surface area contributed by atoms with E-state index in [2.05, 4.69) is 43.1 Å². The Kier molecular flexibility index (Phi) is 4.48. The summed E-state index contributed by atoms with van der Waals surface area (Å²) in [6, 6.07) is 12.8. The first-order valence-corrected chi connectivity index (χ1v) is 6.55. The molecule has 0 aliphatic carbocycles. The van der Waals surface area contributed by atoms with Crippen LogP contribution < -0.4 is 5.32 Å². The highest BCUT2D eigenvalue weighted by Crippen LogP contribution is 2.20. The van der Waals surface area contributed by atoms with Crippen molar-refractivity contribution in [1.82, 2.24) is 10.3 Å². The number of allylic oxidation sites excluding steroid dienone is 1. The van der Waals surface area contributed by atoms with Gasteiger partial charge >= 0.3 is 0 Å². The molecule has 0 fully saturated rings. The molecule has 2 heteroatoms. The molecule has 1 aromatic heterocycles. The second-order valence-corrected chi connectivity index (χ2v) is 4.41. The number of rotatable bonds is 6. The molecule has 2 nitrogen and oxygen atoms in total. The third kappa shape index (κ3) is 2.96. The lowest BCUT2D eigenvalue weighted by molar-refractivity contribution is 0.509. The number of para-hydroxylation sites is 1. The van der Waals surface area contributed by atoms with Crippen LogP contribution in [-0.2, 0) is 0 Å². The molecule has 1 atom stereocenters. The molecule has 1 aromatic carbocycles. The van der Waals surface area contributed by atoms with Gasteiger partial charge in [0.15, 0.2) is 0 Å². The maximum atomic E-state index is 4.75. The van der Waals surface area contributed by atoms with Gasteiger partial charge in [-0.05, 0) is 31.5 Å². The first-order valence-electron chi connectivity index (χ1n) is 6.55. The van der Waals surface area contributed by atoms with Gasteiger partial charge < -0.3 is 5.32 Å². The fraction of sp³-hybridized carbons (Fsp3) is 0.312. The minimum atomic E-state index is 0.317. The molecular weight excluding hydrogens is 220 g/mol. The van der Waals surface area contributed by atoms with Gasteiger partial charge in [-0.1, -0.05) is 37.3 Å². The molecule has 0 saturated carbocycles. The van der Waals surface area contributed by atoms with Crippen LogP contribution in [-0.4, -0.2) is 11.5 Å². The van der Waals surface area contributed by atoms with E-state index < -0.39 is 0 Å². The van der Waals surface area contributed by atoms with Crippen LogP contribution in [0.4, 0.5) is 0 Å². The Balaban J connectivity index is 2.28. The molecule has 0 radical (unpaired) electrons. The number of aromatic nitrogens is 1. The highest BCUT2D eigenvalue weighted by molar-refractivity contribution is 5.78. The average Bonchev–Trinajstić information content (AvgIpc) is 2.43. The summed E-state index contributed by atoms with van der Waals surface area (Å²) >= 11 is 0. The molecule has 94 valence electrons. The first-order chi connectivity index (χ1) is 8.85. The summed E-state index contributed by atoms with van der Waals surface area (Å²) in [7, 11) is 0. The maximum absolute atomic E-state index is 4.75. The number of hydrogen-bond acceptors (Lipinski definition) is 2. The van der Waals surface area contributed by atoms with Crippen molar-refractivity contribution in [2.24, 2.45) is 0 Å². The van der Waals surface area contributed by atoms with Crippen LogP contribution >= 0.6 is 0 Å². The highest BCUT2D eigenvalue weighted by Gasteiger charge is 2.11. The van der Waals surface area contributed by atoms with E-state index in [4.69, 9.17) is 4.98 Å². The van der Waals surface area contributed by atoms with Crippen molar-refractivity contribution in [2.75, 3.05) is 6.54 Å². The molecule has 0 aliphatic rings. The number of nitrogens with zero attached hydrogens (tertiary/aromatic N) is 1. The van der Waals surface area contributed by atoms with Gasteiger partial charge in [-0.3, -0.25) is 4.98 Å². The number of fused-ring (bicyclic) bond motifs is 1. The van der Waals surface area contributed by atoms with E-state index in [1.165, 1.54) is 5.39 Å². The third-order valence-corrected chi connectivity index (χ3v) is 3.09. The number of benzene rings is 1. The summed E-state index contributed by atoms with van der Waals surface area (Å²) in [5, 5.41) is 4.68. The van der Waals surface area contributed by atoms with Gasteiger partial charge in [0.2, 0.25) is 0 Å². The Hall–Kier alpha value is -1.67. The van der Waals surface area contributed by atoms with E-state index in [9.17, 15) is 0 Å². The third-order valence-electron chi connectivity index (χ3n) is 3.09. The van der Waals surface area contributed by atoms with Crippen LogP contribution in [0.3, 0.4) is 0 Å². The van der Waals surface area contributed by atoms with Gasteiger partial charge in [-0.2, -0.15) is 0 Å². The van der Waals surface area contributed by atoms with Crippen molar-refractivity contribution in [3.8, 4) is 0 Å². The molecule has 1 unspecified atom stereocenters. The summed E-state index contributed by atoms with van der Waals surface area (Å²) in [5.74, 6) is 0. The molecule has 0 saturated heterocycles. The van der Waals surface area contributed by atoms with E-state index in [0.717, 1.165) is 30.6 Å². The minimum absolute atomic E-state index is 0.317. The fourth-order valence-corrected chi connectivity index (χ4v) is 2.16. The largest absolute Gasteiger partial charge is 0.309 e. The molecule has 2 aromatic rings. The van der Waals surface area contributed by atoms with Crippen LogP contribution in [0.15, 0.2) is 49.1 Å². The van der Waals surface area contributed by atoms with Gasteiger partial charge in [0.1, 0.15) is 0 Å². The lowest BCUT2D eigenvalue weighted by Gasteiger charge is -2.17. The van der Waals surface area contributed by atoms with Gasteiger partial charge in [-0.25, -0.2) is 0 Å². The predicted octanol–water partition coefficient (Wildman–Crippen LogP) is 3.85. The summed E-state index contributed by atoms with van der Waals surface area (Å²) in [6.45, 7) is 6.87. The molecule has 1 N–H and O–H groups in total. The SMILES string of the molecule is C=CCCC(NCC)c1ccc2ccccc2n1. The van der Waals surface area contributed by atoms with Crippen molar-refractivity contribution in [3.63, 3.8) is 0 Å². The van der Waals surface area contributed by atoms with Gasteiger partial charge in [0, 0.05) is 11.4 Å². The molecular formula is C16H20N2. The Labute approximate surface area is 109 Å². The maximum Gasteiger partial charge on any atom is 0.0706 e. The van der Waals surface area contributed by atoms with E-state index in [1.54, 1.807) is 0 Å². The van der Waals surface area contributed by atoms with Gasteiger partial charge in [0.05, 0.1) is 11.2 Å². The quantitative estimate of drug-likeness (QED) is 0.776. The molecule has 2 rings (SSSR count). The van der Waals surface area contributed by atoms with Crippen molar-refractivity contribution >= 4 is 10.9 Å². The normalized spacial score (nSPS) is 12.5. The lowest BCUT2D eigenvalue weighted by Crippen LogP contribution is -2.21. The average molecular weight is 240 g/mol. The summed E-state index contributed by atoms with van der Waals surface area (Å²) in [6.07, 6.45) is 4.01. The number of pyridine rings is 1. The fourth-order valence-electron chi connectivity index (χ4n) is 2.16. The van der Waals surface area contributed by atoms with E-state index in [-0.39, 0.29) is 0 Å². The predicted molar refractivity (Wildman–Crippen MR) is 77.6 cm³/mol. The Morgan fingerprint density at radius 2 is 2.11 bits per heavy atom.